The fourth-order valence-electron chi connectivity index (χ4n) is 1.10. The van der Waals surface area contributed by atoms with Gasteiger partial charge in [-0.2, -0.15) is 18.4 Å². The maximum Gasteiger partial charge on any atom is 0.417 e. The van der Waals surface area contributed by atoms with Crippen LogP contribution < -0.4 is 5.14 Å². The van der Waals surface area contributed by atoms with Crippen molar-refractivity contribution in [3.8, 4) is 6.07 Å². The molecular weight excluding hydrogens is 372 g/mol. The summed E-state index contributed by atoms with van der Waals surface area (Å²) in [7, 11) is -4.26. The molecule has 0 heterocycles. The fourth-order valence-corrected chi connectivity index (χ4v) is 3.10. The van der Waals surface area contributed by atoms with E-state index in [2.05, 4.69) is 0 Å². The van der Waals surface area contributed by atoms with E-state index in [-0.39, 0.29) is 3.57 Å². The molecule has 0 aliphatic heterocycles. The molecule has 0 aliphatic carbocycles. The van der Waals surface area contributed by atoms with Crippen LogP contribution in [0.4, 0.5) is 13.2 Å². The fraction of sp³-hybridized carbons (Fsp3) is 0.125. The van der Waals surface area contributed by atoms with Crippen LogP contribution in [-0.2, 0) is 16.2 Å². The Morgan fingerprint density at radius 3 is 2.24 bits per heavy atom. The van der Waals surface area contributed by atoms with Gasteiger partial charge in [0.05, 0.1) is 22.1 Å². The molecule has 0 fully saturated rings. The lowest BCUT2D eigenvalue weighted by Gasteiger charge is -2.11. The van der Waals surface area contributed by atoms with Crippen molar-refractivity contribution in [2.45, 2.75) is 11.1 Å². The smallest absolute Gasteiger partial charge is 0.225 e. The summed E-state index contributed by atoms with van der Waals surface area (Å²) >= 11 is 1.50. The minimum Gasteiger partial charge on any atom is -0.225 e. The van der Waals surface area contributed by atoms with Gasteiger partial charge >= 0.3 is 6.18 Å². The summed E-state index contributed by atoms with van der Waals surface area (Å²) in [5.74, 6) is 0. The molecule has 1 aromatic carbocycles. The second-order valence-corrected chi connectivity index (χ2v) is 5.67. The van der Waals surface area contributed by atoms with Gasteiger partial charge in [0.2, 0.25) is 10.0 Å². The van der Waals surface area contributed by atoms with Gasteiger partial charge < -0.3 is 0 Å². The second-order valence-electron chi connectivity index (χ2n) is 2.98. The maximum absolute atomic E-state index is 12.5. The molecule has 0 amide bonds. The largest absolute Gasteiger partial charge is 0.417 e. The van der Waals surface area contributed by atoms with Crippen LogP contribution >= 0.6 is 22.6 Å². The Bertz CT molecular complexity index is 604. The van der Waals surface area contributed by atoms with Crippen molar-refractivity contribution in [3.63, 3.8) is 0 Å². The van der Waals surface area contributed by atoms with Crippen LogP contribution in [0, 0.1) is 14.9 Å². The Labute approximate surface area is 108 Å². The Hall–Kier alpha value is -0.860. The number of hydrogen-bond acceptors (Lipinski definition) is 3. The molecule has 0 radical (unpaired) electrons. The van der Waals surface area contributed by atoms with E-state index in [1.54, 1.807) is 0 Å². The Morgan fingerprint density at radius 1 is 1.35 bits per heavy atom. The molecule has 0 aromatic heterocycles. The molecule has 2 N–H and O–H groups in total. The molecule has 0 aliphatic rings. The lowest BCUT2D eigenvalue weighted by molar-refractivity contribution is -0.137. The van der Waals surface area contributed by atoms with E-state index in [9.17, 15) is 21.6 Å². The van der Waals surface area contributed by atoms with Crippen molar-refractivity contribution in [1.29, 1.82) is 5.26 Å². The van der Waals surface area contributed by atoms with E-state index in [1.807, 2.05) is 0 Å². The first-order valence-electron chi connectivity index (χ1n) is 3.91. The quantitative estimate of drug-likeness (QED) is 0.760. The van der Waals surface area contributed by atoms with Crippen LogP contribution in [0.1, 0.15) is 11.1 Å². The van der Waals surface area contributed by atoms with E-state index < -0.39 is 32.2 Å². The zero-order valence-electron chi connectivity index (χ0n) is 7.92. The molecule has 0 bridgehead atoms. The van der Waals surface area contributed by atoms with E-state index in [0.29, 0.717) is 6.07 Å². The monoisotopic (exact) mass is 376 g/mol. The summed E-state index contributed by atoms with van der Waals surface area (Å²) in [5.41, 5.74) is -1.96. The van der Waals surface area contributed by atoms with Crippen LogP contribution in [0.3, 0.4) is 0 Å². The molecule has 92 valence electrons. The van der Waals surface area contributed by atoms with Crippen molar-refractivity contribution in [2.75, 3.05) is 0 Å². The highest BCUT2D eigenvalue weighted by atomic mass is 127. The lowest BCUT2D eigenvalue weighted by Crippen LogP contribution is -2.17. The summed E-state index contributed by atoms with van der Waals surface area (Å²) < 4.78 is 59.7. The summed E-state index contributed by atoms with van der Waals surface area (Å²) in [6.07, 6.45) is -4.81. The highest BCUT2D eigenvalue weighted by Crippen LogP contribution is 2.34. The minimum atomic E-state index is -4.81. The van der Waals surface area contributed by atoms with Crippen molar-refractivity contribution in [3.05, 3.63) is 26.8 Å². The van der Waals surface area contributed by atoms with Gasteiger partial charge in [0, 0.05) is 3.57 Å². The SMILES string of the molecule is N#Cc1cc(I)c(S(N)(=O)=O)cc1C(F)(F)F. The van der Waals surface area contributed by atoms with Crippen molar-refractivity contribution in [1.82, 2.24) is 0 Å². The van der Waals surface area contributed by atoms with Gasteiger partial charge in [0.15, 0.2) is 0 Å². The number of sulfonamides is 1. The predicted molar refractivity (Wildman–Crippen MR) is 60.2 cm³/mol. The summed E-state index contributed by atoms with van der Waals surface area (Å²) in [5, 5.41) is 13.3. The van der Waals surface area contributed by atoms with Crippen LogP contribution in [0.15, 0.2) is 17.0 Å². The van der Waals surface area contributed by atoms with Gasteiger partial charge in [-0.1, -0.05) is 0 Å². The summed E-state index contributed by atoms with van der Waals surface area (Å²) in [4.78, 5) is -0.649. The van der Waals surface area contributed by atoms with Gasteiger partial charge in [-0.15, -0.1) is 0 Å². The van der Waals surface area contributed by atoms with Gasteiger partial charge in [0.25, 0.3) is 0 Å². The molecule has 17 heavy (non-hydrogen) atoms. The summed E-state index contributed by atoms with van der Waals surface area (Å²) in [6.45, 7) is 0. The van der Waals surface area contributed by atoms with Crippen LogP contribution in [0.2, 0.25) is 0 Å². The molecule has 9 heteroatoms. The summed E-state index contributed by atoms with van der Waals surface area (Å²) in [6, 6.07) is 2.57. The Balaban J connectivity index is 3.69. The third kappa shape index (κ3) is 3.08. The molecule has 0 spiro atoms. The van der Waals surface area contributed by atoms with Crippen LogP contribution in [0.5, 0.6) is 0 Å². The number of primary sulfonamides is 1. The van der Waals surface area contributed by atoms with E-state index >= 15 is 0 Å². The third-order valence-electron chi connectivity index (χ3n) is 1.80. The van der Waals surface area contributed by atoms with Crippen molar-refractivity contribution in [2.24, 2.45) is 5.14 Å². The lowest BCUT2D eigenvalue weighted by atomic mass is 10.1. The van der Waals surface area contributed by atoms with Gasteiger partial charge in [-0.25, -0.2) is 13.6 Å². The number of nitrogens with zero attached hydrogens (tertiary/aromatic N) is 1. The molecule has 4 nitrogen and oxygen atoms in total. The van der Waals surface area contributed by atoms with Crippen LogP contribution in [0.25, 0.3) is 0 Å². The predicted octanol–water partition coefficient (Wildman–Crippen LogP) is 1.83. The van der Waals surface area contributed by atoms with Crippen molar-refractivity contribution >= 4 is 32.6 Å². The number of hydrogen-bond donors (Lipinski definition) is 1. The second kappa shape index (κ2) is 4.43. The van der Waals surface area contributed by atoms with Gasteiger partial charge in [-0.3, -0.25) is 0 Å². The first kappa shape index (κ1) is 14.2. The number of halogens is 4. The standard InChI is InChI=1S/C8H4F3IN2O2S/c9-8(10,11)5-2-7(17(14,15)16)6(12)1-4(5)3-13/h1-2H,(H2,14,15,16). The number of benzene rings is 1. The number of nitriles is 1. The molecule has 0 saturated carbocycles. The van der Waals surface area contributed by atoms with E-state index in [0.717, 1.165) is 6.07 Å². The molecule has 0 unspecified atom stereocenters. The van der Waals surface area contributed by atoms with Gasteiger partial charge in [-0.05, 0) is 34.7 Å². The zero-order chi connectivity index (χ0) is 13.4. The topological polar surface area (TPSA) is 83.9 Å². The number of nitrogens with two attached hydrogens (primary N) is 1. The van der Waals surface area contributed by atoms with Crippen LogP contribution in [-0.4, -0.2) is 8.42 Å². The van der Waals surface area contributed by atoms with E-state index in [4.69, 9.17) is 10.4 Å². The highest BCUT2D eigenvalue weighted by Gasteiger charge is 2.35. The Kier molecular flexibility index (Phi) is 3.70. The Morgan fingerprint density at radius 2 is 1.88 bits per heavy atom. The molecule has 0 atom stereocenters. The molecule has 1 aromatic rings. The van der Waals surface area contributed by atoms with E-state index in [1.165, 1.54) is 28.7 Å². The molecule has 1 rings (SSSR count). The van der Waals surface area contributed by atoms with Gasteiger partial charge in [0.1, 0.15) is 0 Å². The number of alkyl halides is 3. The first-order valence-corrected chi connectivity index (χ1v) is 6.53. The normalized spacial score (nSPS) is 12.2. The zero-order valence-corrected chi connectivity index (χ0v) is 10.9. The average Bonchev–Trinajstić information content (AvgIpc) is 2.13. The average molecular weight is 376 g/mol. The minimum absolute atomic E-state index is 0.0327. The number of rotatable bonds is 1. The third-order valence-corrected chi connectivity index (χ3v) is 4.01. The first-order chi connectivity index (χ1) is 7.57. The van der Waals surface area contributed by atoms with Crippen molar-refractivity contribution < 1.29 is 21.6 Å². The highest BCUT2D eigenvalue weighted by molar-refractivity contribution is 14.1. The molecule has 0 saturated heterocycles. The maximum atomic E-state index is 12.5. The molecular formula is C8H4F3IN2O2S.